The summed E-state index contributed by atoms with van der Waals surface area (Å²) in [6.45, 7) is 4.47. The second kappa shape index (κ2) is 6.80. The number of carbonyl (C=O) groups excluding carboxylic acids is 2. The fourth-order valence-corrected chi connectivity index (χ4v) is 1.46. The van der Waals surface area contributed by atoms with Crippen molar-refractivity contribution in [3.05, 3.63) is 29.8 Å². The molecule has 0 unspecified atom stereocenters. The molecule has 0 spiro atoms. The van der Waals surface area contributed by atoms with Crippen LogP contribution in [-0.4, -0.2) is 28.7 Å². The predicted octanol–water partition coefficient (Wildman–Crippen LogP) is 3.05. The number of nitrogens with zero attached hydrogens (tertiary/aromatic N) is 1. The molecule has 1 amide bonds. The van der Waals surface area contributed by atoms with Gasteiger partial charge in [-0.15, -0.1) is 0 Å². The van der Waals surface area contributed by atoms with Crippen LogP contribution in [0.2, 0.25) is 0 Å². The fourth-order valence-electron chi connectivity index (χ4n) is 1.46. The van der Waals surface area contributed by atoms with E-state index in [1.807, 2.05) is 0 Å². The number of phenols is 1. The van der Waals surface area contributed by atoms with Crippen LogP contribution in [-0.2, 0) is 4.79 Å². The summed E-state index contributed by atoms with van der Waals surface area (Å²) in [7, 11) is 0. The van der Waals surface area contributed by atoms with Gasteiger partial charge in [0, 0.05) is 5.41 Å². The smallest absolute Gasteiger partial charge is 0.431 e. The highest BCUT2D eigenvalue weighted by molar-refractivity contribution is 6.07. The number of nitrogens with one attached hydrogen (secondary N) is 1. The maximum Gasteiger partial charge on any atom is 0.431 e. The Hall–Kier alpha value is -2.38. The Labute approximate surface area is 131 Å². The van der Waals surface area contributed by atoms with Gasteiger partial charge in [-0.3, -0.25) is 9.59 Å². The minimum absolute atomic E-state index is 0.222. The predicted molar refractivity (Wildman–Crippen MR) is 78.1 cm³/mol. The molecule has 2 N–H and O–H groups in total. The van der Waals surface area contributed by atoms with Crippen molar-refractivity contribution < 1.29 is 27.9 Å². The molecule has 0 radical (unpaired) electrons. The molecule has 0 aliphatic carbocycles. The first-order valence-corrected chi connectivity index (χ1v) is 6.68. The number of carbonyl (C=O) groups is 2. The average Bonchev–Trinajstić information content (AvgIpc) is 2.40. The highest BCUT2D eigenvalue weighted by atomic mass is 19.4. The molecule has 0 aliphatic heterocycles. The van der Waals surface area contributed by atoms with Crippen LogP contribution < -0.4 is 5.43 Å². The van der Waals surface area contributed by atoms with Gasteiger partial charge in [-0.1, -0.05) is 32.9 Å². The van der Waals surface area contributed by atoms with Gasteiger partial charge in [-0.05, 0) is 12.1 Å². The number of halogens is 3. The number of benzene rings is 1. The second-order valence-electron chi connectivity index (χ2n) is 5.86. The molecule has 0 aromatic heterocycles. The average molecular weight is 330 g/mol. The van der Waals surface area contributed by atoms with Gasteiger partial charge < -0.3 is 5.11 Å². The molecule has 0 heterocycles. The monoisotopic (exact) mass is 330 g/mol. The van der Waals surface area contributed by atoms with Crippen molar-refractivity contribution in [2.45, 2.75) is 33.4 Å². The van der Waals surface area contributed by atoms with Gasteiger partial charge in [-0.2, -0.15) is 18.3 Å². The van der Waals surface area contributed by atoms with Crippen molar-refractivity contribution in [2.24, 2.45) is 10.5 Å². The van der Waals surface area contributed by atoms with E-state index in [0.29, 0.717) is 0 Å². The first kappa shape index (κ1) is 18.7. The summed E-state index contributed by atoms with van der Waals surface area (Å²) in [6.07, 6.45) is -5.80. The number of hydrazone groups is 1. The molecule has 1 rings (SSSR count). The maximum absolute atomic E-state index is 12.9. The van der Waals surface area contributed by atoms with Crippen molar-refractivity contribution in [2.75, 3.05) is 0 Å². The normalized spacial score (nSPS) is 12.9. The van der Waals surface area contributed by atoms with Gasteiger partial charge in [0.2, 0.25) is 0 Å². The van der Waals surface area contributed by atoms with E-state index in [2.05, 4.69) is 5.10 Å². The third-order valence-electron chi connectivity index (χ3n) is 2.93. The molecular formula is C15H17F3N2O3. The molecule has 0 bridgehead atoms. The number of ketones is 1. The molecule has 8 heteroatoms. The Morgan fingerprint density at radius 3 is 2.22 bits per heavy atom. The summed E-state index contributed by atoms with van der Waals surface area (Å²) in [5, 5.41) is 12.5. The highest BCUT2D eigenvalue weighted by Crippen LogP contribution is 2.24. The number of phenolic OH excluding ortho intramolecular Hbond substituents is 1. The van der Waals surface area contributed by atoms with E-state index in [-0.39, 0.29) is 11.3 Å². The minimum Gasteiger partial charge on any atom is -0.507 e. The summed E-state index contributed by atoms with van der Waals surface area (Å²) in [5.41, 5.74) is -0.868. The number of aromatic hydroxyl groups is 1. The van der Waals surface area contributed by atoms with Crippen LogP contribution in [0.25, 0.3) is 0 Å². The standard InChI is InChI=1S/C15H17F3N2O3/c1-14(2,3)12(22)8-11(15(16,17)18)19-20-13(23)9-6-4-5-7-10(9)21/h4-7,21H,8H2,1-3H3,(H,20,23). The van der Waals surface area contributed by atoms with Gasteiger partial charge in [0.05, 0.1) is 12.0 Å². The van der Waals surface area contributed by atoms with E-state index in [9.17, 15) is 27.9 Å². The number of rotatable bonds is 4. The van der Waals surface area contributed by atoms with Crippen LogP contribution >= 0.6 is 0 Å². The van der Waals surface area contributed by atoms with Gasteiger partial charge in [0.25, 0.3) is 5.91 Å². The summed E-state index contributed by atoms with van der Waals surface area (Å²) < 4.78 is 38.8. The lowest BCUT2D eigenvalue weighted by molar-refractivity contribution is -0.126. The van der Waals surface area contributed by atoms with Crippen molar-refractivity contribution in [3.8, 4) is 5.75 Å². The summed E-state index contributed by atoms with van der Waals surface area (Å²) >= 11 is 0. The molecule has 23 heavy (non-hydrogen) atoms. The van der Waals surface area contributed by atoms with E-state index < -0.39 is 35.4 Å². The van der Waals surface area contributed by atoms with Crippen molar-refractivity contribution in [3.63, 3.8) is 0 Å². The summed E-state index contributed by atoms with van der Waals surface area (Å²) in [4.78, 5) is 23.5. The zero-order chi connectivity index (χ0) is 17.8. The van der Waals surface area contributed by atoms with Gasteiger partial charge in [-0.25, -0.2) is 5.43 Å². The van der Waals surface area contributed by atoms with E-state index in [1.165, 1.54) is 45.0 Å². The molecule has 0 aliphatic rings. The lowest BCUT2D eigenvalue weighted by Gasteiger charge is -2.18. The summed E-state index contributed by atoms with van der Waals surface area (Å²) in [5.74, 6) is -2.06. The van der Waals surface area contributed by atoms with E-state index in [4.69, 9.17) is 0 Å². The van der Waals surface area contributed by atoms with E-state index in [0.717, 1.165) is 0 Å². The van der Waals surface area contributed by atoms with Gasteiger partial charge in [0.1, 0.15) is 17.2 Å². The third-order valence-corrected chi connectivity index (χ3v) is 2.93. The van der Waals surface area contributed by atoms with Gasteiger partial charge >= 0.3 is 6.18 Å². The number of hydrogen-bond acceptors (Lipinski definition) is 4. The zero-order valence-corrected chi connectivity index (χ0v) is 12.9. The number of alkyl halides is 3. The van der Waals surface area contributed by atoms with Crippen LogP contribution in [0.3, 0.4) is 0 Å². The molecule has 1 aromatic carbocycles. The van der Waals surface area contributed by atoms with Crippen molar-refractivity contribution >= 4 is 17.4 Å². The van der Waals surface area contributed by atoms with Crippen LogP contribution in [0.5, 0.6) is 5.75 Å². The number of amides is 1. The molecule has 0 saturated carbocycles. The fraction of sp³-hybridized carbons (Fsp3) is 0.400. The lowest BCUT2D eigenvalue weighted by atomic mass is 9.88. The Bertz CT molecular complexity index is 632. The quantitative estimate of drug-likeness (QED) is 0.658. The zero-order valence-electron chi connectivity index (χ0n) is 12.9. The molecule has 5 nitrogen and oxygen atoms in total. The van der Waals surface area contributed by atoms with Crippen LogP contribution in [0.15, 0.2) is 29.4 Å². The SMILES string of the molecule is CC(C)(C)C(=O)CC(=NNC(=O)c1ccccc1O)C(F)(F)F. The Morgan fingerprint density at radius 2 is 1.74 bits per heavy atom. The Kier molecular flexibility index (Phi) is 5.52. The number of para-hydroxylation sites is 1. The molecule has 1 aromatic rings. The first-order chi connectivity index (χ1) is 10.4. The lowest BCUT2D eigenvalue weighted by Crippen LogP contribution is -2.33. The third kappa shape index (κ3) is 5.39. The molecule has 126 valence electrons. The molecular weight excluding hydrogens is 313 g/mol. The largest absolute Gasteiger partial charge is 0.507 e. The topological polar surface area (TPSA) is 78.8 Å². The summed E-state index contributed by atoms with van der Waals surface area (Å²) in [6, 6.07) is 5.34. The van der Waals surface area contributed by atoms with Crippen molar-refractivity contribution in [1.29, 1.82) is 0 Å². The number of Topliss-reactive ketones (excluding diaryl/α,β-unsaturated/α-hetero) is 1. The van der Waals surface area contributed by atoms with Crippen LogP contribution in [0.1, 0.15) is 37.6 Å². The molecule has 0 saturated heterocycles. The minimum atomic E-state index is -4.85. The van der Waals surface area contributed by atoms with E-state index >= 15 is 0 Å². The highest BCUT2D eigenvalue weighted by Gasteiger charge is 2.39. The van der Waals surface area contributed by atoms with Crippen LogP contribution in [0, 0.1) is 5.41 Å². The molecule has 0 atom stereocenters. The Morgan fingerprint density at radius 1 is 1.17 bits per heavy atom. The maximum atomic E-state index is 12.9. The Balaban J connectivity index is 2.97. The second-order valence-corrected chi connectivity index (χ2v) is 5.86. The van der Waals surface area contributed by atoms with Crippen molar-refractivity contribution in [1.82, 2.24) is 5.43 Å². The van der Waals surface area contributed by atoms with Crippen LogP contribution in [0.4, 0.5) is 13.2 Å². The van der Waals surface area contributed by atoms with E-state index in [1.54, 1.807) is 5.43 Å². The number of hydrogen-bond donors (Lipinski definition) is 2. The molecule has 0 fully saturated rings. The van der Waals surface area contributed by atoms with Gasteiger partial charge in [0.15, 0.2) is 0 Å². The first-order valence-electron chi connectivity index (χ1n) is 6.68.